The molecule has 1 amide bonds. The number of hydrogen-bond donors (Lipinski definition) is 0. The maximum atomic E-state index is 12.3. The van der Waals surface area contributed by atoms with E-state index in [2.05, 4.69) is 4.98 Å². The van der Waals surface area contributed by atoms with Crippen molar-refractivity contribution in [2.24, 2.45) is 0 Å². The number of aryl methyl sites for hydroxylation is 1. The van der Waals surface area contributed by atoms with E-state index in [0.717, 1.165) is 5.69 Å². The number of amides is 1. The van der Waals surface area contributed by atoms with Crippen molar-refractivity contribution in [3.8, 4) is 0 Å². The molecule has 0 aliphatic heterocycles. The van der Waals surface area contributed by atoms with Gasteiger partial charge in [0, 0.05) is 17.1 Å². The fourth-order valence-corrected chi connectivity index (χ4v) is 2.46. The van der Waals surface area contributed by atoms with Crippen LogP contribution in [0.4, 0.5) is 0 Å². The molecule has 0 aliphatic rings. The second kappa shape index (κ2) is 5.78. The summed E-state index contributed by atoms with van der Waals surface area (Å²) < 4.78 is 0. The summed E-state index contributed by atoms with van der Waals surface area (Å²) in [4.78, 5) is 19.6. The molecule has 0 bridgehead atoms. The van der Waals surface area contributed by atoms with Gasteiger partial charge in [0.1, 0.15) is 5.69 Å². The summed E-state index contributed by atoms with van der Waals surface area (Å²) in [5.74, 6) is -0.00500. The van der Waals surface area contributed by atoms with Crippen LogP contribution in [0.1, 0.15) is 28.0 Å². The van der Waals surface area contributed by atoms with Gasteiger partial charge < -0.3 is 4.90 Å². The van der Waals surface area contributed by atoms with E-state index in [0.29, 0.717) is 18.8 Å². The molecule has 0 saturated heterocycles. The van der Waals surface area contributed by atoms with Gasteiger partial charge in [-0.15, -0.1) is 11.3 Å². The van der Waals surface area contributed by atoms with Crippen molar-refractivity contribution in [3.63, 3.8) is 0 Å². The molecule has 0 aliphatic carbocycles. The summed E-state index contributed by atoms with van der Waals surface area (Å²) >= 11 is 1.67. The zero-order valence-electron chi connectivity index (χ0n) is 10.6. The lowest BCUT2D eigenvalue weighted by atomic mass is 10.2. The van der Waals surface area contributed by atoms with Crippen LogP contribution >= 0.6 is 11.3 Å². The van der Waals surface area contributed by atoms with Gasteiger partial charge in [0.2, 0.25) is 0 Å². The fraction of sp³-hybridized carbons (Fsp3) is 0.286. The monoisotopic (exact) mass is 260 g/mol. The van der Waals surface area contributed by atoms with Crippen LogP contribution in [0.5, 0.6) is 0 Å². The molecule has 0 N–H and O–H groups in total. The van der Waals surface area contributed by atoms with Gasteiger partial charge in [-0.3, -0.25) is 4.79 Å². The first-order valence-electron chi connectivity index (χ1n) is 5.96. The standard InChI is InChI=1S/C14H16N2OS/c1-3-16(10-12-7-5-9-18-12)14(17)13-8-4-6-11(2)15-13/h4-9H,3,10H2,1-2H3. The SMILES string of the molecule is CCN(Cc1cccs1)C(=O)c1cccc(C)n1. The molecule has 2 rings (SSSR count). The van der Waals surface area contributed by atoms with Gasteiger partial charge in [-0.05, 0) is 37.4 Å². The quantitative estimate of drug-likeness (QED) is 0.846. The molecule has 0 spiro atoms. The second-order valence-corrected chi connectivity index (χ2v) is 5.10. The van der Waals surface area contributed by atoms with Crippen molar-refractivity contribution in [1.29, 1.82) is 0 Å². The lowest BCUT2D eigenvalue weighted by molar-refractivity contribution is 0.0748. The molecule has 3 nitrogen and oxygen atoms in total. The number of aromatic nitrogens is 1. The van der Waals surface area contributed by atoms with Crippen molar-refractivity contribution in [1.82, 2.24) is 9.88 Å². The first-order chi connectivity index (χ1) is 8.70. The predicted molar refractivity (Wildman–Crippen MR) is 73.7 cm³/mol. The third kappa shape index (κ3) is 2.96. The van der Waals surface area contributed by atoms with Gasteiger partial charge in [-0.25, -0.2) is 4.98 Å². The number of carbonyl (C=O) groups is 1. The van der Waals surface area contributed by atoms with Crippen molar-refractivity contribution >= 4 is 17.2 Å². The Hall–Kier alpha value is -1.68. The molecule has 94 valence electrons. The molecule has 0 saturated carbocycles. The van der Waals surface area contributed by atoms with Gasteiger partial charge >= 0.3 is 0 Å². The first-order valence-corrected chi connectivity index (χ1v) is 6.84. The highest BCUT2D eigenvalue weighted by molar-refractivity contribution is 7.09. The van der Waals surface area contributed by atoms with Crippen LogP contribution in [-0.2, 0) is 6.54 Å². The maximum Gasteiger partial charge on any atom is 0.272 e. The van der Waals surface area contributed by atoms with E-state index < -0.39 is 0 Å². The molecule has 4 heteroatoms. The first kappa shape index (κ1) is 12.8. The Labute approximate surface area is 111 Å². The molecular weight excluding hydrogens is 244 g/mol. The van der Waals surface area contributed by atoms with Crippen molar-refractivity contribution in [3.05, 3.63) is 52.0 Å². The lowest BCUT2D eigenvalue weighted by Crippen LogP contribution is -2.30. The largest absolute Gasteiger partial charge is 0.332 e. The highest BCUT2D eigenvalue weighted by Gasteiger charge is 2.16. The zero-order chi connectivity index (χ0) is 13.0. The van der Waals surface area contributed by atoms with Crippen molar-refractivity contribution in [2.75, 3.05) is 6.54 Å². The van der Waals surface area contributed by atoms with E-state index in [1.54, 1.807) is 17.4 Å². The van der Waals surface area contributed by atoms with Gasteiger partial charge in [0.25, 0.3) is 5.91 Å². The number of hydrogen-bond acceptors (Lipinski definition) is 3. The summed E-state index contributed by atoms with van der Waals surface area (Å²) in [6.07, 6.45) is 0. The highest BCUT2D eigenvalue weighted by Crippen LogP contribution is 2.13. The Balaban J connectivity index is 2.15. The average Bonchev–Trinajstić information content (AvgIpc) is 2.88. The molecule has 18 heavy (non-hydrogen) atoms. The molecular formula is C14H16N2OS. The van der Waals surface area contributed by atoms with E-state index in [9.17, 15) is 4.79 Å². The summed E-state index contributed by atoms with van der Waals surface area (Å²) in [6.45, 7) is 5.22. The van der Waals surface area contributed by atoms with Gasteiger partial charge in [-0.1, -0.05) is 12.1 Å². The molecule has 0 unspecified atom stereocenters. The molecule has 2 heterocycles. The Morgan fingerprint density at radius 1 is 1.33 bits per heavy atom. The normalized spacial score (nSPS) is 10.3. The van der Waals surface area contributed by atoms with E-state index in [4.69, 9.17) is 0 Å². The number of nitrogens with zero attached hydrogens (tertiary/aromatic N) is 2. The zero-order valence-corrected chi connectivity index (χ0v) is 11.4. The molecule has 0 atom stereocenters. The van der Waals surface area contributed by atoms with Crippen LogP contribution in [0.15, 0.2) is 35.7 Å². The Bertz CT molecular complexity index is 522. The van der Waals surface area contributed by atoms with Crippen molar-refractivity contribution in [2.45, 2.75) is 20.4 Å². The van der Waals surface area contributed by atoms with Gasteiger partial charge in [0.05, 0.1) is 6.54 Å². The summed E-state index contributed by atoms with van der Waals surface area (Å²) in [7, 11) is 0. The van der Waals surface area contributed by atoms with E-state index in [1.165, 1.54) is 4.88 Å². The number of pyridine rings is 1. The van der Waals surface area contributed by atoms with Gasteiger partial charge in [-0.2, -0.15) is 0 Å². The van der Waals surface area contributed by atoms with Crippen LogP contribution in [0.3, 0.4) is 0 Å². The van der Waals surface area contributed by atoms with Crippen LogP contribution in [0.2, 0.25) is 0 Å². The maximum absolute atomic E-state index is 12.3. The summed E-state index contributed by atoms with van der Waals surface area (Å²) in [5, 5.41) is 2.03. The van der Waals surface area contributed by atoms with E-state index in [-0.39, 0.29) is 5.91 Å². The van der Waals surface area contributed by atoms with Gasteiger partial charge in [0.15, 0.2) is 0 Å². The lowest BCUT2D eigenvalue weighted by Gasteiger charge is -2.19. The average molecular weight is 260 g/mol. The van der Waals surface area contributed by atoms with E-state index >= 15 is 0 Å². The van der Waals surface area contributed by atoms with Crippen LogP contribution in [0, 0.1) is 6.92 Å². The molecule has 2 aromatic heterocycles. The molecule has 0 radical (unpaired) electrons. The van der Waals surface area contributed by atoms with Crippen LogP contribution < -0.4 is 0 Å². The predicted octanol–water partition coefficient (Wildman–Crippen LogP) is 3.11. The number of carbonyl (C=O) groups excluding carboxylic acids is 1. The Kier molecular flexibility index (Phi) is 4.10. The van der Waals surface area contributed by atoms with Crippen molar-refractivity contribution < 1.29 is 4.79 Å². The minimum atomic E-state index is -0.00500. The second-order valence-electron chi connectivity index (χ2n) is 4.06. The third-order valence-corrected chi connectivity index (χ3v) is 3.56. The molecule has 0 aromatic carbocycles. The smallest absolute Gasteiger partial charge is 0.272 e. The molecule has 2 aromatic rings. The van der Waals surface area contributed by atoms with Crippen LogP contribution in [-0.4, -0.2) is 22.3 Å². The van der Waals surface area contributed by atoms with Crippen LogP contribution in [0.25, 0.3) is 0 Å². The topological polar surface area (TPSA) is 33.2 Å². The minimum absolute atomic E-state index is 0.00500. The molecule has 0 fully saturated rings. The number of rotatable bonds is 4. The summed E-state index contributed by atoms with van der Waals surface area (Å²) in [6, 6.07) is 9.58. The highest BCUT2D eigenvalue weighted by atomic mass is 32.1. The fourth-order valence-electron chi connectivity index (χ4n) is 1.74. The number of thiophene rings is 1. The third-order valence-electron chi connectivity index (χ3n) is 2.70. The Morgan fingerprint density at radius 3 is 2.78 bits per heavy atom. The minimum Gasteiger partial charge on any atom is -0.332 e. The Morgan fingerprint density at radius 2 is 2.17 bits per heavy atom. The summed E-state index contributed by atoms with van der Waals surface area (Å²) in [5.41, 5.74) is 1.39. The van der Waals surface area contributed by atoms with E-state index in [1.807, 2.05) is 48.4 Å².